The lowest BCUT2D eigenvalue weighted by Gasteiger charge is -2.13. The second kappa shape index (κ2) is 4.55. The first-order chi connectivity index (χ1) is 8.70. The van der Waals surface area contributed by atoms with Crippen LogP contribution in [0.15, 0.2) is 22.8 Å². The van der Waals surface area contributed by atoms with Crippen molar-refractivity contribution in [1.29, 1.82) is 0 Å². The summed E-state index contributed by atoms with van der Waals surface area (Å²) in [5.74, 6) is 2.33. The van der Waals surface area contributed by atoms with E-state index in [2.05, 4.69) is 37.1 Å². The zero-order valence-electron chi connectivity index (χ0n) is 10.4. The molecule has 1 fully saturated rings. The van der Waals surface area contributed by atoms with Crippen LogP contribution in [0.5, 0.6) is 0 Å². The maximum atomic E-state index is 6.09. The van der Waals surface area contributed by atoms with Crippen molar-refractivity contribution in [1.82, 2.24) is 14.3 Å². The highest BCUT2D eigenvalue weighted by Crippen LogP contribution is 2.31. The molecule has 0 radical (unpaired) electrons. The molecule has 4 nitrogen and oxygen atoms in total. The van der Waals surface area contributed by atoms with Gasteiger partial charge in [0.15, 0.2) is 0 Å². The monoisotopic (exact) mass is 308 g/mol. The van der Waals surface area contributed by atoms with Crippen molar-refractivity contribution in [2.45, 2.75) is 19.3 Å². The van der Waals surface area contributed by atoms with Gasteiger partial charge in [-0.1, -0.05) is 13.0 Å². The van der Waals surface area contributed by atoms with E-state index < -0.39 is 0 Å². The van der Waals surface area contributed by atoms with E-state index in [1.165, 1.54) is 0 Å². The Hall–Kier alpha value is -1.07. The number of fused-ring (bicyclic) bond motifs is 1. The van der Waals surface area contributed by atoms with Gasteiger partial charge in [0.25, 0.3) is 0 Å². The largest absolute Gasteiger partial charge is 0.385 e. The summed E-state index contributed by atoms with van der Waals surface area (Å²) >= 11 is 3.53. The molecule has 3 heterocycles. The van der Waals surface area contributed by atoms with Crippen LogP contribution in [-0.2, 0) is 0 Å². The van der Waals surface area contributed by atoms with Gasteiger partial charge in [0.1, 0.15) is 16.2 Å². The van der Waals surface area contributed by atoms with E-state index in [1.54, 1.807) is 0 Å². The van der Waals surface area contributed by atoms with Crippen molar-refractivity contribution < 1.29 is 0 Å². The molecule has 0 spiro atoms. The van der Waals surface area contributed by atoms with Crippen molar-refractivity contribution in [3.63, 3.8) is 0 Å². The number of hydrogen-bond acceptors (Lipinski definition) is 3. The van der Waals surface area contributed by atoms with Crippen LogP contribution in [0, 0.1) is 0 Å². The zero-order chi connectivity index (χ0) is 12.7. The fourth-order valence-electron chi connectivity index (χ4n) is 2.76. The quantitative estimate of drug-likeness (QED) is 0.927. The fourth-order valence-corrected chi connectivity index (χ4v) is 3.25. The molecule has 0 amide bonds. The minimum absolute atomic E-state index is 0.480. The first-order valence-electron chi connectivity index (χ1n) is 6.35. The molecule has 1 aliphatic heterocycles. The summed E-state index contributed by atoms with van der Waals surface area (Å²) in [4.78, 5) is 7.13. The Bertz CT molecular complexity index is 578. The number of nitrogen functional groups attached to an aromatic ring is 1. The molecule has 18 heavy (non-hydrogen) atoms. The van der Waals surface area contributed by atoms with Gasteiger partial charge in [0.2, 0.25) is 0 Å². The number of aromatic nitrogens is 2. The molecule has 96 valence electrons. The van der Waals surface area contributed by atoms with Gasteiger partial charge >= 0.3 is 0 Å². The number of nitrogens with zero attached hydrogens (tertiary/aromatic N) is 3. The van der Waals surface area contributed by atoms with Gasteiger partial charge in [-0.3, -0.25) is 4.40 Å². The SMILES string of the molecule is CCN1CCC(c2nc(Br)c3cccc(N)n23)C1. The molecule has 1 atom stereocenters. The summed E-state index contributed by atoms with van der Waals surface area (Å²) in [6, 6.07) is 5.94. The van der Waals surface area contributed by atoms with Gasteiger partial charge in [-0.2, -0.15) is 0 Å². The summed E-state index contributed by atoms with van der Waals surface area (Å²) < 4.78 is 2.97. The topological polar surface area (TPSA) is 46.6 Å². The molecule has 0 saturated carbocycles. The second-order valence-electron chi connectivity index (χ2n) is 4.81. The first-order valence-corrected chi connectivity index (χ1v) is 7.14. The van der Waals surface area contributed by atoms with Crippen molar-refractivity contribution in [3.05, 3.63) is 28.6 Å². The van der Waals surface area contributed by atoms with E-state index in [0.29, 0.717) is 5.92 Å². The highest BCUT2D eigenvalue weighted by Gasteiger charge is 2.27. The summed E-state index contributed by atoms with van der Waals surface area (Å²) in [6.45, 7) is 5.55. The summed E-state index contributed by atoms with van der Waals surface area (Å²) in [7, 11) is 0. The highest BCUT2D eigenvalue weighted by atomic mass is 79.9. The molecule has 2 N–H and O–H groups in total. The van der Waals surface area contributed by atoms with Gasteiger partial charge in [0, 0.05) is 12.5 Å². The van der Waals surface area contributed by atoms with Crippen LogP contribution in [0.25, 0.3) is 5.52 Å². The van der Waals surface area contributed by atoms with E-state index >= 15 is 0 Å². The molecule has 5 heteroatoms. The van der Waals surface area contributed by atoms with E-state index in [4.69, 9.17) is 5.73 Å². The van der Waals surface area contributed by atoms with Crippen molar-refractivity contribution >= 4 is 27.3 Å². The average Bonchev–Trinajstić information content (AvgIpc) is 2.95. The van der Waals surface area contributed by atoms with Crippen molar-refractivity contribution in [2.24, 2.45) is 0 Å². The molecule has 0 bridgehead atoms. The van der Waals surface area contributed by atoms with Crippen molar-refractivity contribution in [2.75, 3.05) is 25.4 Å². The number of rotatable bonds is 2. The summed E-state index contributed by atoms with van der Waals surface area (Å²) in [5, 5.41) is 0. The Kier molecular flexibility index (Phi) is 3.03. The minimum Gasteiger partial charge on any atom is -0.385 e. The summed E-state index contributed by atoms with van der Waals surface area (Å²) in [5.41, 5.74) is 7.15. The van der Waals surface area contributed by atoms with Gasteiger partial charge < -0.3 is 10.6 Å². The van der Waals surface area contributed by atoms with E-state index in [1.807, 2.05) is 18.2 Å². The number of anilines is 1. The molecule has 1 saturated heterocycles. The lowest BCUT2D eigenvalue weighted by Crippen LogP contribution is -2.20. The van der Waals surface area contributed by atoms with Crippen LogP contribution in [0.3, 0.4) is 0 Å². The highest BCUT2D eigenvalue weighted by molar-refractivity contribution is 9.10. The Balaban J connectivity index is 2.07. The first kappa shape index (κ1) is 12.0. The normalized spacial score (nSPS) is 20.9. The molecule has 1 unspecified atom stereocenters. The maximum Gasteiger partial charge on any atom is 0.132 e. The van der Waals surface area contributed by atoms with E-state index in [9.17, 15) is 0 Å². The number of nitrogens with two attached hydrogens (primary N) is 1. The minimum atomic E-state index is 0.480. The van der Waals surface area contributed by atoms with Gasteiger partial charge in [-0.05, 0) is 47.6 Å². The van der Waals surface area contributed by atoms with Gasteiger partial charge in [0.05, 0.1) is 5.52 Å². The van der Waals surface area contributed by atoms with Gasteiger partial charge in [-0.15, -0.1) is 0 Å². The maximum absolute atomic E-state index is 6.09. The Morgan fingerprint density at radius 2 is 2.33 bits per heavy atom. The predicted octanol–water partition coefficient (Wildman–Crippen LogP) is 2.49. The van der Waals surface area contributed by atoms with Crippen LogP contribution >= 0.6 is 15.9 Å². The molecule has 0 aromatic carbocycles. The van der Waals surface area contributed by atoms with E-state index in [0.717, 1.165) is 47.8 Å². The number of halogens is 1. The Morgan fingerprint density at radius 3 is 3.06 bits per heavy atom. The molecule has 3 rings (SSSR count). The molecule has 1 aliphatic rings. The number of hydrogen-bond donors (Lipinski definition) is 1. The predicted molar refractivity (Wildman–Crippen MR) is 76.8 cm³/mol. The third kappa shape index (κ3) is 1.82. The van der Waals surface area contributed by atoms with Crippen LogP contribution in [0.4, 0.5) is 5.82 Å². The molecular weight excluding hydrogens is 292 g/mol. The summed E-state index contributed by atoms with van der Waals surface area (Å²) in [6.07, 6.45) is 1.16. The number of pyridine rings is 1. The second-order valence-corrected chi connectivity index (χ2v) is 5.56. The van der Waals surface area contributed by atoms with Crippen molar-refractivity contribution in [3.8, 4) is 0 Å². The number of imidazole rings is 1. The van der Waals surface area contributed by atoms with Crippen LogP contribution in [-0.4, -0.2) is 33.9 Å². The van der Waals surface area contributed by atoms with Gasteiger partial charge in [-0.25, -0.2) is 4.98 Å². The zero-order valence-corrected chi connectivity index (χ0v) is 12.0. The lowest BCUT2D eigenvalue weighted by atomic mass is 10.1. The molecule has 2 aromatic heterocycles. The third-order valence-electron chi connectivity index (χ3n) is 3.76. The number of likely N-dealkylation sites (tertiary alicyclic amines) is 1. The van der Waals surface area contributed by atoms with Crippen LogP contribution < -0.4 is 5.73 Å². The molecule has 2 aromatic rings. The Labute approximate surface area is 115 Å². The third-order valence-corrected chi connectivity index (χ3v) is 4.34. The smallest absolute Gasteiger partial charge is 0.132 e. The fraction of sp³-hybridized carbons (Fsp3) is 0.462. The van der Waals surface area contributed by atoms with E-state index in [-0.39, 0.29) is 0 Å². The molecular formula is C13H17BrN4. The number of likely N-dealkylation sites (N-methyl/N-ethyl adjacent to an activating group) is 1. The van der Waals surface area contributed by atoms with Crippen LogP contribution in [0.1, 0.15) is 25.1 Å². The Morgan fingerprint density at radius 1 is 1.50 bits per heavy atom. The standard InChI is InChI=1S/C13H17BrN4/c1-2-17-7-6-9(8-17)13-16-12(14)10-4-3-5-11(15)18(10)13/h3-5,9H,2,6-8,15H2,1H3. The molecule has 0 aliphatic carbocycles. The average molecular weight is 309 g/mol. The van der Waals surface area contributed by atoms with Crippen LogP contribution in [0.2, 0.25) is 0 Å². The lowest BCUT2D eigenvalue weighted by molar-refractivity contribution is 0.352.